The molecule has 0 atom stereocenters. The Kier molecular flexibility index (Phi) is 4.80. The third-order valence-corrected chi connectivity index (χ3v) is 2.51. The lowest BCUT2D eigenvalue weighted by Crippen LogP contribution is -2.08. The van der Waals surface area contributed by atoms with E-state index in [2.05, 4.69) is 5.32 Å². The minimum atomic E-state index is -4.44. The van der Waals surface area contributed by atoms with E-state index in [1.54, 1.807) is 12.1 Å². The van der Waals surface area contributed by atoms with Gasteiger partial charge in [0, 0.05) is 17.8 Å². The number of rotatable bonds is 3. The van der Waals surface area contributed by atoms with Gasteiger partial charge in [0.1, 0.15) is 17.7 Å². The summed E-state index contributed by atoms with van der Waals surface area (Å²) in [5.41, 5.74) is -0.532. The SMILES string of the molecule is N#CC(C#N)=CNCc1ccc(C(F)(F)F)cc1Cl. The lowest BCUT2D eigenvalue weighted by atomic mass is 10.1. The molecule has 0 saturated heterocycles. The molecule has 0 aliphatic carbocycles. The highest BCUT2D eigenvalue weighted by atomic mass is 35.5. The van der Waals surface area contributed by atoms with Gasteiger partial charge in [0.05, 0.1) is 5.56 Å². The molecule has 0 bridgehead atoms. The number of hydrogen-bond donors (Lipinski definition) is 1. The van der Waals surface area contributed by atoms with Crippen LogP contribution in [0.3, 0.4) is 0 Å². The van der Waals surface area contributed by atoms with Gasteiger partial charge in [-0.25, -0.2) is 0 Å². The molecule has 0 aliphatic rings. The zero-order chi connectivity index (χ0) is 14.5. The zero-order valence-corrected chi connectivity index (χ0v) is 10.2. The first-order chi connectivity index (χ1) is 8.88. The van der Waals surface area contributed by atoms with Crippen molar-refractivity contribution in [2.75, 3.05) is 0 Å². The van der Waals surface area contributed by atoms with E-state index in [0.29, 0.717) is 5.56 Å². The second-order valence-corrected chi connectivity index (χ2v) is 3.87. The predicted octanol–water partition coefficient (Wildman–Crippen LogP) is 3.38. The summed E-state index contributed by atoms with van der Waals surface area (Å²) in [5.74, 6) is 0. The molecule has 0 heterocycles. The van der Waals surface area contributed by atoms with E-state index in [1.807, 2.05) is 0 Å². The van der Waals surface area contributed by atoms with Crippen molar-refractivity contribution in [3.63, 3.8) is 0 Å². The molecule has 7 heteroatoms. The van der Waals surface area contributed by atoms with Crippen molar-refractivity contribution in [1.82, 2.24) is 5.32 Å². The first kappa shape index (κ1) is 14.9. The largest absolute Gasteiger partial charge is 0.416 e. The molecule has 0 aromatic heterocycles. The number of halogens is 4. The van der Waals surface area contributed by atoms with Crippen LogP contribution in [0.25, 0.3) is 0 Å². The van der Waals surface area contributed by atoms with Gasteiger partial charge in [-0.05, 0) is 17.7 Å². The molecule has 1 aromatic rings. The summed E-state index contributed by atoms with van der Waals surface area (Å²) >= 11 is 5.73. The maximum absolute atomic E-state index is 12.4. The number of nitrogens with zero attached hydrogens (tertiary/aromatic N) is 2. The minimum absolute atomic E-state index is 0.0359. The molecule has 98 valence electrons. The van der Waals surface area contributed by atoms with Crippen LogP contribution >= 0.6 is 11.6 Å². The van der Waals surface area contributed by atoms with Crippen LogP contribution in [0.2, 0.25) is 5.02 Å². The molecule has 0 spiro atoms. The quantitative estimate of drug-likeness (QED) is 0.866. The molecule has 0 amide bonds. The van der Waals surface area contributed by atoms with Crippen molar-refractivity contribution < 1.29 is 13.2 Å². The molecule has 0 saturated carbocycles. The average molecular weight is 286 g/mol. The van der Waals surface area contributed by atoms with Crippen molar-refractivity contribution in [2.45, 2.75) is 12.7 Å². The average Bonchev–Trinajstić information content (AvgIpc) is 2.35. The summed E-state index contributed by atoms with van der Waals surface area (Å²) in [6, 6.07) is 6.27. The van der Waals surface area contributed by atoms with Crippen LogP contribution in [0.4, 0.5) is 13.2 Å². The first-order valence-electron chi connectivity index (χ1n) is 4.98. The lowest BCUT2D eigenvalue weighted by molar-refractivity contribution is -0.137. The summed E-state index contributed by atoms with van der Waals surface area (Å²) in [7, 11) is 0. The molecule has 1 rings (SSSR count). The Balaban J connectivity index is 2.81. The molecule has 3 nitrogen and oxygen atoms in total. The smallest absolute Gasteiger partial charge is 0.385 e. The molecule has 0 unspecified atom stereocenters. The summed E-state index contributed by atoms with van der Waals surface area (Å²) in [6.45, 7) is 0.115. The van der Waals surface area contributed by atoms with Crippen LogP contribution in [0, 0.1) is 22.7 Å². The maximum Gasteiger partial charge on any atom is 0.416 e. The molecule has 1 aromatic carbocycles. The minimum Gasteiger partial charge on any atom is -0.385 e. The summed E-state index contributed by atoms with van der Waals surface area (Å²) in [5, 5.41) is 19.5. The van der Waals surface area contributed by atoms with E-state index in [4.69, 9.17) is 22.1 Å². The van der Waals surface area contributed by atoms with Crippen LogP contribution in [-0.2, 0) is 12.7 Å². The van der Waals surface area contributed by atoms with Crippen molar-refractivity contribution in [2.24, 2.45) is 0 Å². The fourth-order valence-corrected chi connectivity index (χ4v) is 1.47. The number of nitriles is 2. The van der Waals surface area contributed by atoms with E-state index in [0.717, 1.165) is 12.1 Å². The van der Waals surface area contributed by atoms with Gasteiger partial charge in [0.15, 0.2) is 0 Å². The third-order valence-electron chi connectivity index (χ3n) is 2.16. The van der Waals surface area contributed by atoms with Crippen LogP contribution in [0.5, 0.6) is 0 Å². The number of alkyl halides is 3. The Hall–Kier alpha value is -2.18. The van der Waals surface area contributed by atoms with Gasteiger partial charge in [-0.2, -0.15) is 23.7 Å². The summed E-state index contributed by atoms with van der Waals surface area (Å²) in [4.78, 5) is 0. The fourth-order valence-electron chi connectivity index (χ4n) is 1.22. The van der Waals surface area contributed by atoms with Crippen molar-refractivity contribution in [3.05, 3.63) is 46.1 Å². The van der Waals surface area contributed by atoms with E-state index >= 15 is 0 Å². The fraction of sp³-hybridized carbons (Fsp3) is 0.167. The van der Waals surface area contributed by atoms with Crippen molar-refractivity contribution >= 4 is 11.6 Å². The predicted molar refractivity (Wildman–Crippen MR) is 62.6 cm³/mol. The molecule has 0 radical (unpaired) electrons. The van der Waals surface area contributed by atoms with Gasteiger partial charge in [-0.3, -0.25) is 0 Å². The second-order valence-electron chi connectivity index (χ2n) is 3.47. The van der Waals surface area contributed by atoms with Gasteiger partial charge in [0.2, 0.25) is 0 Å². The number of hydrogen-bond acceptors (Lipinski definition) is 3. The van der Waals surface area contributed by atoms with Crippen LogP contribution < -0.4 is 5.32 Å². The summed E-state index contributed by atoms with van der Waals surface area (Å²) < 4.78 is 37.2. The van der Waals surface area contributed by atoms with Crippen molar-refractivity contribution in [3.8, 4) is 12.1 Å². The van der Waals surface area contributed by atoms with Gasteiger partial charge >= 0.3 is 6.18 Å². The highest BCUT2D eigenvalue weighted by Gasteiger charge is 2.30. The number of benzene rings is 1. The van der Waals surface area contributed by atoms with Crippen LogP contribution in [0.1, 0.15) is 11.1 Å². The first-order valence-corrected chi connectivity index (χ1v) is 5.35. The standard InChI is InChI=1S/C12H7ClF3N3/c13-11-3-10(12(14,15)16)2-1-9(11)7-19-6-8(4-17)5-18/h1-3,6,19H,7H2. The lowest BCUT2D eigenvalue weighted by Gasteiger charge is -2.09. The molecule has 19 heavy (non-hydrogen) atoms. The van der Waals surface area contributed by atoms with Crippen molar-refractivity contribution in [1.29, 1.82) is 10.5 Å². The molecular weight excluding hydrogens is 279 g/mol. The Bertz CT molecular complexity index is 563. The zero-order valence-electron chi connectivity index (χ0n) is 9.42. The van der Waals surface area contributed by atoms with Crippen LogP contribution in [-0.4, -0.2) is 0 Å². The highest BCUT2D eigenvalue weighted by Crippen LogP contribution is 2.31. The molecule has 0 aliphatic heterocycles. The highest BCUT2D eigenvalue weighted by molar-refractivity contribution is 6.31. The molecule has 0 fully saturated rings. The van der Waals surface area contributed by atoms with E-state index in [1.165, 1.54) is 12.3 Å². The third kappa shape index (κ3) is 4.20. The van der Waals surface area contributed by atoms with Crippen LogP contribution in [0.15, 0.2) is 30.0 Å². The Morgan fingerprint density at radius 3 is 2.42 bits per heavy atom. The molecule has 1 N–H and O–H groups in total. The molecular formula is C12H7ClF3N3. The monoisotopic (exact) mass is 285 g/mol. The van der Waals surface area contributed by atoms with Gasteiger partial charge in [-0.1, -0.05) is 17.7 Å². The van der Waals surface area contributed by atoms with Gasteiger partial charge < -0.3 is 5.32 Å². The normalized spacial score (nSPS) is 10.2. The van der Waals surface area contributed by atoms with E-state index < -0.39 is 11.7 Å². The Labute approximate surface area is 112 Å². The Morgan fingerprint density at radius 2 is 1.95 bits per heavy atom. The Morgan fingerprint density at radius 1 is 1.32 bits per heavy atom. The van der Waals surface area contributed by atoms with E-state index in [9.17, 15) is 13.2 Å². The summed E-state index contributed by atoms with van der Waals surface area (Å²) in [6.07, 6.45) is -3.27. The number of allylic oxidation sites excluding steroid dienone is 1. The van der Waals surface area contributed by atoms with Gasteiger partial charge in [-0.15, -0.1) is 0 Å². The topological polar surface area (TPSA) is 59.6 Å². The van der Waals surface area contributed by atoms with E-state index in [-0.39, 0.29) is 17.1 Å². The maximum atomic E-state index is 12.4. The van der Waals surface area contributed by atoms with Gasteiger partial charge in [0.25, 0.3) is 0 Å². The second kappa shape index (κ2) is 6.12. The number of nitrogens with one attached hydrogen (secondary N) is 1.